The summed E-state index contributed by atoms with van der Waals surface area (Å²) in [5.41, 5.74) is 1.17. The molecule has 1 aromatic heterocycles. The van der Waals surface area contributed by atoms with Gasteiger partial charge in [-0.25, -0.2) is 4.98 Å². The maximum Gasteiger partial charge on any atom is 0.138 e. The number of aromatic nitrogens is 3. The molecule has 1 aromatic carbocycles. The first-order valence-electron chi connectivity index (χ1n) is 6.54. The number of likely N-dealkylation sites (N-methyl/N-ethyl adjacent to an activating group) is 1. The van der Waals surface area contributed by atoms with Crippen LogP contribution in [0.1, 0.15) is 30.8 Å². The second-order valence-electron chi connectivity index (χ2n) is 4.50. The minimum atomic E-state index is 0.193. The van der Waals surface area contributed by atoms with E-state index in [2.05, 4.69) is 28.4 Å². The van der Waals surface area contributed by atoms with Crippen LogP contribution >= 0.6 is 11.6 Å². The topological polar surface area (TPSA) is 42.7 Å². The van der Waals surface area contributed by atoms with E-state index < -0.39 is 0 Å². The first-order chi connectivity index (χ1) is 9.24. The largest absolute Gasteiger partial charge is 0.313 e. The molecule has 102 valence electrons. The first-order valence-corrected chi connectivity index (χ1v) is 6.91. The Morgan fingerprint density at radius 3 is 2.95 bits per heavy atom. The highest BCUT2D eigenvalue weighted by molar-refractivity contribution is 6.30. The zero-order valence-electron chi connectivity index (χ0n) is 11.3. The van der Waals surface area contributed by atoms with Crippen molar-refractivity contribution >= 4 is 11.6 Å². The fourth-order valence-electron chi connectivity index (χ4n) is 2.14. The maximum absolute atomic E-state index is 6.05. The fraction of sp³-hybridized carbons (Fsp3) is 0.429. The predicted octanol–water partition coefficient (Wildman–Crippen LogP) is 2.84. The molecular formula is C14H19ClN4. The Balaban J connectivity index is 2.17. The van der Waals surface area contributed by atoms with Gasteiger partial charge in [-0.3, -0.25) is 4.68 Å². The van der Waals surface area contributed by atoms with Crippen LogP contribution in [-0.2, 0) is 13.0 Å². The second kappa shape index (κ2) is 6.68. The fourth-order valence-corrected chi connectivity index (χ4v) is 2.34. The third-order valence-electron chi connectivity index (χ3n) is 3.12. The van der Waals surface area contributed by atoms with Gasteiger partial charge >= 0.3 is 0 Å². The number of aryl methyl sites for hydroxylation is 1. The number of hydrogen-bond donors (Lipinski definition) is 1. The van der Waals surface area contributed by atoms with Crippen molar-refractivity contribution in [2.75, 3.05) is 7.05 Å². The molecule has 4 nitrogen and oxygen atoms in total. The van der Waals surface area contributed by atoms with E-state index in [4.69, 9.17) is 11.6 Å². The molecule has 0 radical (unpaired) electrons. The van der Waals surface area contributed by atoms with Crippen molar-refractivity contribution in [3.8, 4) is 0 Å². The van der Waals surface area contributed by atoms with Crippen molar-refractivity contribution in [2.24, 2.45) is 0 Å². The van der Waals surface area contributed by atoms with E-state index in [-0.39, 0.29) is 6.04 Å². The van der Waals surface area contributed by atoms with Crippen molar-refractivity contribution in [1.29, 1.82) is 0 Å². The van der Waals surface area contributed by atoms with Crippen LogP contribution in [0.2, 0.25) is 5.02 Å². The van der Waals surface area contributed by atoms with Gasteiger partial charge in [-0.05, 0) is 31.2 Å². The zero-order chi connectivity index (χ0) is 13.7. The van der Waals surface area contributed by atoms with Gasteiger partial charge in [0.2, 0.25) is 0 Å². The van der Waals surface area contributed by atoms with E-state index in [9.17, 15) is 0 Å². The smallest absolute Gasteiger partial charge is 0.138 e. The highest BCUT2D eigenvalue weighted by Gasteiger charge is 2.14. The van der Waals surface area contributed by atoms with Crippen LogP contribution in [0.15, 0.2) is 30.6 Å². The van der Waals surface area contributed by atoms with Crippen LogP contribution in [-0.4, -0.2) is 21.8 Å². The minimum Gasteiger partial charge on any atom is -0.313 e. The Morgan fingerprint density at radius 2 is 2.26 bits per heavy atom. The Morgan fingerprint density at radius 1 is 1.42 bits per heavy atom. The molecule has 2 rings (SSSR count). The van der Waals surface area contributed by atoms with Crippen molar-refractivity contribution in [1.82, 2.24) is 20.1 Å². The summed E-state index contributed by atoms with van der Waals surface area (Å²) in [6, 6.07) is 8.12. The number of nitrogens with zero attached hydrogens (tertiary/aromatic N) is 3. The molecule has 0 spiro atoms. The van der Waals surface area contributed by atoms with Crippen LogP contribution in [0, 0.1) is 0 Å². The Bertz CT molecular complexity index is 524. The Hall–Kier alpha value is -1.39. The lowest BCUT2D eigenvalue weighted by Gasteiger charge is -2.17. The lowest BCUT2D eigenvalue weighted by atomic mass is 10.0. The van der Waals surface area contributed by atoms with Gasteiger partial charge in [-0.15, -0.1) is 0 Å². The van der Waals surface area contributed by atoms with Gasteiger partial charge in [0.25, 0.3) is 0 Å². The van der Waals surface area contributed by atoms with E-state index >= 15 is 0 Å². The third-order valence-corrected chi connectivity index (χ3v) is 3.35. The van der Waals surface area contributed by atoms with Crippen LogP contribution in [0.4, 0.5) is 0 Å². The molecule has 1 heterocycles. The molecule has 0 aliphatic heterocycles. The highest BCUT2D eigenvalue weighted by atomic mass is 35.5. The van der Waals surface area contributed by atoms with E-state index in [0.717, 1.165) is 30.2 Å². The molecule has 2 aromatic rings. The van der Waals surface area contributed by atoms with E-state index in [1.54, 1.807) is 6.33 Å². The summed E-state index contributed by atoms with van der Waals surface area (Å²) in [5, 5.41) is 8.33. The van der Waals surface area contributed by atoms with Gasteiger partial charge in [0, 0.05) is 24.0 Å². The minimum absolute atomic E-state index is 0.193. The molecule has 0 bridgehead atoms. The molecule has 0 saturated carbocycles. The van der Waals surface area contributed by atoms with Crippen molar-refractivity contribution in [2.45, 2.75) is 32.4 Å². The summed E-state index contributed by atoms with van der Waals surface area (Å²) in [7, 11) is 1.95. The maximum atomic E-state index is 6.05. The number of rotatable bonds is 6. The van der Waals surface area contributed by atoms with Gasteiger partial charge in [-0.2, -0.15) is 5.10 Å². The quantitative estimate of drug-likeness (QED) is 0.884. The van der Waals surface area contributed by atoms with Gasteiger partial charge < -0.3 is 5.32 Å². The molecule has 0 fully saturated rings. The molecule has 19 heavy (non-hydrogen) atoms. The van der Waals surface area contributed by atoms with E-state index in [1.165, 1.54) is 5.56 Å². The normalized spacial score (nSPS) is 12.6. The second-order valence-corrected chi connectivity index (χ2v) is 4.94. The van der Waals surface area contributed by atoms with Crippen LogP contribution in [0.5, 0.6) is 0 Å². The predicted molar refractivity (Wildman–Crippen MR) is 77.3 cm³/mol. The Labute approximate surface area is 118 Å². The Kier molecular flexibility index (Phi) is 4.93. The summed E-state index contributed by atoms with van der Waals surface area (Å²) in [6.45, 7) is 3.04. The molecule has 1 atom stereocenters. The average molecular weight is 279 g/mol. The summed E-state index contributed by atoms with van der Waals surface area (Å²) >= 11 is 6.05. The summed E-state index contributed by atoms with van der Waals surface area (Å²) < 4.78 is 1.97. The lowest BCUT2D eigenvalue weighted by Crippen LogP contribution is -2.21. The molecule has 1 unspecified atom stereocenters. The molecule has 0 amide bonds. The van der Waals surface area contributed by atoms with Gasteiger partial charge in [-0.1, -0.05) is 30.7 Å². The molecule has 0 saturated heterocycles. The van der Waals surface area contributed by atoms with E-state index in [0.29, 0.717) is 0 Å². The van der Waals surface area contributed by atoms with Gasteiger partial charge in [0.05, 0.1) is 0 Å². The number of benzene rings is 1. The molecule has 0 aliphatic rings. The monoisotopic (exact) mass is 278 g/mol. The first kappa shape index (κ1) is 14.0. The van der Waals surface area contributed by atoms with Crippen molar-refractivity contribution < 1.29 is 0 Å². The lowest BCUT2D eigenvalue weighted by molar-refractivity contribution is 0.517. The number of hydrogen-bond acceptors (Lipinski definition) is 3. The average Bonchev–Trinajstić information content (AvgIpc) is 2.84. The molecule has 0 aliphatic carbocycles. The number of halogens is 1. The van der Waals surface area contributed by atoms with Crippen LogP contribution in [0.25, 0.3) is 0 Å². The zero-order valence-corrected chi connectivity index (χ0v) is 12.1. The third kappa shape index (κ3) is 3.55. The van der Waals surface area contributed by atoms with Crippen LogP contribution in [0.3, 0.4) is 0 Å². The highest BCUT2D eigenvalue weighted by Crippen LogP contribution is 2.20. The van der Waals surface area contributed by atoms with Crippen molar-refractivity contribution in [3.05, 3.63) is 47.0 Å². The summed E-state index contributed by atoms with van der Waals surface area (Å²) in [5.74, 6) is 1.00. The molecule has 5 heteroatoms. The number of nitrogens with one attached hydrogen (secondary N) is 1. The van der Waals surface area contributed by atoms with Crippen molar-refractivity contribution in [3.63, 3.8) is 0 Å². The van der Waals surface area contributed by atoms with Crippen LogP contribution < -0.4 is 5.32 Å². The summed E-state index contributed by atoms with van der Waals surface area (Å²) in [6.07, 6.45) is 3.48. The standard InChI is InChI=1S/C14H19ClN4/c1-3-7-19-14(17-10-18-19)9-13(16-2)11-5-4-6-12(15)8-11/h4-6,8,10,13,16H,3,7,9H2,1-2H3. The van der Waals surface area contributed by atoms with Gasteiger partial charge in [0.15, 0.2) is 0 Å². The SMILES string of the molecule is CCCn1ncnc1CC(NC)c1cccc(Cl)c1. The molecular weight excluding hydrogens is 260 g/mol. The summed E-state index contributed by atoms with van der Waals surface area (Å²) in [4.78, 5) is 4.35. The molecule has 1 N–H and O–H groups in total. The van der Waals surface area contributed by atoms with Gasteiger partial charge in [0.1, 0.15) is 12.2 Å². The van der Waals surface area contributed by atoms with E-state index in [1.807, 2.05) is 29.9 Å².